The van der Waals surface area contributed by atoms with Gasteiger partial charge in [-0.2, -0.15) is 11.8 Å². The van der Waals surface area contributed by atoms with Crippen LogP contribution >= 0.6 is 11.8 Å². The molecule has 0 fully saturated rings. The second kappa shape index (κ2) is 7.98. The molecule has 0 rings (SSSR count). The van der Waals surface area contributed by atoms with Crippen LogP contribution in [0.1, 0.15) is 47.0 Å². The number of carbonyl (C=O) groups excluding carboxylic acids is 1. The van der Waals surface area contributed by atoms with Crippen LogP contribution in [0, 0.1) is 5.92 Å². The lowest BCUT2D eigenvalue weighted by Crippen LogP contribution is -2.48. The van der Waals surface area contributed by atoms with Gasteiger partial charge in [0.15, 0.2) is 0 Å². The van der Waals surface area contributed by atoms with Gasteiger partial charge in [0.05, 0.1) is 6.04 Å². The van der Waals surface area contributed by atoms with E-state index in [1.165, 1.54) is 0 Å². The Morgan fingerprint density at radius 2 is 1.88 bits per heavy atom. The Hall–Kier alpha value is -0.220. The van der Waals surface area contributed by atoms with Crippen LogP contribution < -0.4 is 11.1 Å². The minimum atomic E-state index is -0.381. The lowest BCUT2D eigenvalue weighted by molar-refractivity contribution is -0.123. The summed E-state index contributed by atoms with van der Waals surface area (Å²) in [6.07, 6.45) is 5.16. The van der Waals surface area contributed by atoms with Gasteiger partial charge in [-0.15, -0.1) is 0 Å². The fraction of sp³-hybridized carbons (Fsp3) is 0.923. The fourth-order valence-corrected chi connectivity index (χ4v) is 2.53. The summed E-state index contributed by atoms with van der Waals surface area (Å²) in [5, 5.41) is 3.01. The molecule has 2 atom stereocenters. The van der Waals surface area contributed by atoms with E-state index in [1.807, 2.05) is 18.7 Å². The highest BCUT2D eigenvalue weighted by atomic mass is 32.2. The Labute approximate surface area is 110 Å². The topological polar surface area (TPSA) is 55.1 Å². The number of hydrogen-bond acceptors (Lipinski definition) is 3. The molecule has 0 spiro atoms. The predicted molar refractivity (Wildman–Crippen MR) is 77.3 cm³/mol. The second-order valence-corrected chi connectivity index (χ2v) is 6.00. The summed E-state index contributed by atoms with van der Waals surface area (Å²) in [6, 6.07) is -0.381. The van der Waals surface area contributed by atoms with Gasteiger partial charge in [0.1, 0.15) is 0 Å². The number of nitrogens with two attached hydrogens (primary N) is 1. The second-order valence-electron chi connectivity index (χ2n) is 4.72. The summed E-state index contributed by atoms with van der Waals surface area (Å²) in [6.45, 7) is 9.12. The van der Waals surface area contributed by atoms with Gasteiger partial charge in [-0.1, -0.05) is 34.1 Å². The lowest BCUT2D eigenvalue weighted by Gasteiger charge is -2.30. The summed E-state index contributed by atoms with van der Waals surface area (Å²) in [4.78, 5) is 11.9. The Kier molecular flexibility index (Phi) is 7.88. The van der Waals surface area contributed by atoms with Crippen LogP contribution in [0.4, 0.5) is 0 Å². The van der Waals surface area contributed by atoms with Gasteiger partial charge in [-0.3, -0.25) is 4.79 Å². The number of amides is 1. The quantitative estimate of drug-likeness (QED) is 0.704. The van der Waals surface area contributed by atoms with E-state index in [0.717, 1.165) is 19.3 Å². The lowest BCUT2D eigenvalue weighted by atomic mass is 9.98. The van der Waals surface area contributed by atoms with Crippen LogP contribution in [-0.4, -0.2) is 29.5 Å². The summed E-state index contributed by atoms with van der Waals surface area (Å²) in [5.41, 5.74) is 5.91. The maximum atomic E-state index is 11.9. The number of hydrogen-bond donors (Lipinski definition) is 2. The standard InChI is InChI=1S/C13H28N2OS/c1-6-10(4)11(14)12(16)15-9-13(7-2,8-3)17-5/h10-11H,6-9,14H2,1-5H3,(H,15,16). The molecule has 4 heteroatoms. The Morgan fingerprint density at radius 3 is 2.24 bits per heavy atom. The molecule has 0 aliphatic heterocycles. The Balaban J connectivity index is 4.31. The fourth-order valence-electron chi connectivity index (χ4n) is 1.74. The highest BCUT2D eigenvalue weighted by Crippen LogP contribution is 2.29. The first-order valence-corrected chi connectivity index (χ1v) is 7.77. The molecule has 102 valence electrons. The van der Waals surface area contributed by atoms with Crippen LogP contribution in [0.15, 0.2) is 0 Å². The minimum Gasteiger partial charge on any atom is -0.353 e. The molecule has 0 aliphatic rings. The molecular weight excluding hydrogens is 232 g/mol. The molecule has 0 aromatic carbocycles. The van der Waals surface area contributed by atoms with Gasteiger partial charge in [-0.05, 0) is 25.0 Å². The third kappa shape index (κ3) is 4.88. The number of nitrogens with one attached hydrogen (secondary N) is 1. The number of thioether (sulfide) groups is 1. The normalized spacial score (nSPS) is 15.4. The molecule has 0 aromatic heterocycles. The first-order chi connectivity index (χ1) is 7.96. The van der Waals surface area contributed by atoms with Crippen molar-refractivity contribution in [2.24, 2.45) is 11.7 Å². The first kappa shape index (κ1) is 16.8. The van der Waals surface area contributed by atoms with Gasteiger partial charge in [0.2, 0.25) is 5.91 Å². The van der Waals surface area contributed by atoms with Crippen LogP contribution in [-0.2, 0) is 4.79 Å². The van der Waals surface area contributed by atoms with Gasteiger partial charge >= 0.3 is 0 Å². The average Bonchev–Trinajstić information content (AvgIpc) is 2.38. The molecule has 0 radical (unpaired) electrons. The highest BCUT2D eigenvalue weighted by Gasteiger charge is 2.27. The van der Waals surface area contributed by atoms with Crippen molar-refractivity contribution in [3.8, 4) is 0 Å². The van der Waals surface area contributed by atoms with E-state index in [-0.39, 0.29) is 22.6 Å². The van der Waals surface area contributed by atoms with Crippen molar-refractivity contribution in [2.45, 2.75) is 57.7 Å². The Bertz CT molecular complexity index is 221. The largest absolute Gasteiger partial charge is 0.353 e. The van der Waals surface area contributed by atoms with Crippen molar-refractivity contribution in [1.82, 2.24) is 5.32 Å². The van der Waals surface area contributed by atoms with E-state index in [2.05, 4.69) is 32.3 Å². The molecular formula is C13H28N2OS. The summed E-state index contributed by atoms with van der Waals surface area (Å²) < 4.78 is 0.158. The van der Waals surface area contributed by atoms with E-state index >= 15 is 0 Å². The third-order valence-electron chi connectivity index (χ3n) is 3.87. The van der Waals surface area contributed by atoms with E-state index < -0.39 is 0 Å². The van der Waals surface area contributed by atoms with Gasteiger partial charge in [0.25, 0.3) is 0 Å². The Morgan fingerprint density at radius 1 is 1.35 bits per heavy atom. The zero-order valence-electron chi connectivity index (χ0n) is 11.9. The monoisotopic (exact) mass is 260 g/mol. The molecule has 0 aromatic rings. The maximum absolute atomic E-state index is 11.9. The van der Waals surface area contributed by atoms with E-state index in [1.54, 1.807) is 0 Å². The van der Waals surface area contributed by atoms with Crippen LogP contribution in [0.25, 0.3) is 0 Å². The summed E-state index contributed by atoms with van der Waals surface area (Å²) in [5.74, 6) is 0.224. The van der Waals surface area contributed by atoms with E-state index in [4.69, 9.17) is 5.73 Å². The molecule has 0 aliphatic carbocycles. The van der Waals surface area contributed by atoms with Gasteiger partial charge in [-0.25, -0.2) is 0 Å². The summed E-state index contributed by atoms with van der Waals surface area (Å²) in [7, 11) is 0. The zero-order valence-corrected chi connectivity index (χ0v) is 12.7. The molecule has 3 nitrogen and oxygen atoms in total. The molecule has 0 heterocycles. The van der Waals surface area contributed by atoms with Gasteiger partial charge in [0, 0.05) is 11.3 Å². The van der Waals surface area contributed by atoms with Crippen LogP contribution in [0.3, 0.4) is 0 Å². The maximum Gasteiger partial charge on any atom is 0.237 e. The molecule has 0 bridgehead atoms. The number of rotatable bonds is 8. The SMILES string of the molecule is CCC(C)C(N)C(=O)NCC(CC)(CC)SC. The molecule has 0 saturated carbocycles. The molecule has 0 saturated heterocycles. The number of carbonyl (C=O) groups is 1. The third-order valence-corrected chi connectivity index (χ3v) is 5.45. The molecule has 17 heavy (non-hydrogen) atoms. The van der Waals surface area contributed by atoms with Crippen molar-refractivity contribution >= 4 is 17.7 Å². The van der Waals surface area contributed by atoms with Gasteiger partial charge < -0.3 is 11.1 Å². The first-order valence-electron chi connectivity index (χ1n) is 6.54. The van der Waals surface area contributed by atoms with Crippen molar-refractivity contribution in [1.29, 1.82) is 0 Å². The minimum absolute atomic E-state index is 0.0142. The van der Waals surface area contributed by atoms with Crippen molar-refractivity contribution in [2.75, 3.05) is 12.8 Å². The predicted octanol–water partition coefficient (Wildman–Crippen LogP) is 2.40. The van der Waals surface area contributed by atoms with Crippen LogP contribution in [0.5, 0.6) is 0 Å². The molecule has 1 amide bonds. The molecule has 3 N–H and O–H groups in total. The average molecular weight is 260 g/mol. The van der Waals surface area contributed by atoms with Crippen molar-refractivity contribution in [3.63, 3.8) is 0 Å². The van der Waals surface area contributed by atoms with Crippen molar-refractivity contribution < 1.29 is 4.79 Å². The highest BCUT2D eigenvalue weighted by molar-refractivity contribution is 8.00. The summed E-state index contributed by atoms with van der Waals surface area (Å²) >= 11 is 1.83. The zero-order chi connectivity index (χ0) is 13.5. The van der Waals surface area contributed by atoms with Crippen LogP contribution in [0.2, 0.25) is 0 Å². The molecule has 2 unspecified atom stereocenters. The van der Waals surface area contributed by atoms with E-state index in [0.29, 0.717) is 6.54 Å². The van der Waals surface area contributed by atoms with E-state index in [9.17, 15) is 4.79 Å². The smallest absolute Gasteiger partial charge is 0.237 e. The van der Waals surface area contributed by atoms with Crippen molar-refractivity contribution in [3.05, 3.63) is 0 Å².